The summed E-state index contributed by atoms with van der Waals surface area (Å²) >= 11 is 0. The number of imidazole rings is 2. The molecule has 3 amide bonds. The molecule has 58 heavy (non-hydrogen) atoms. The second kappa shape index (κ2) is 17.8. The third-order valence-corrected chi connectivity index (χ3v) is 11.6. The molecular weight excluding hydrogens is 736 g/mol. The van der Waals surface area contributed by atoms with Crippen LogP contribution in [0.15, 0.2) is 85.2 Å². The van der Waals surface area contributed by atoms with Crippen LogP contribution in [-0.4, -0.2) is 91.9 Å². The second-order valence-electron chi connectivity index (χ2n) is 15.4. The minimum absolute atomic E-state index is 0.101. The molecule has 2 saturated heterocycles. The van der Waals surface area contributed by atoms with Crippen LogP contribution in [0.4, 0.5) is 9.18 Å². The van der Waals surface area contributed by atoms with Crippen LogP contribution in [0, 0.1) is 11.7 Å². The summed E-state index contributed by atoms with van der Waals surface area (Å²) in [7, 11) is 1.27. The molecule has 2 aliphatic rings. The van der Waals surface area contributed by atoms with Crippen molar-refractivity contribution in [2.45, 2.75) is 77.5 Å². The number of methoxy groups -OCH3 is 1. The lowest BCUT2D eigenvalue weighted by atomic mass is 10.0. The standard InChI is InChI=1S/C45H53FN8O4/c1-6-52(7-2)40(31-13-9-8-10-14-31)44(56)54-24-12-16-38(54)41-47-26-35(49-41)30-19-17-29(18-20-30)32-21-22-33(34(46)25-32)36-27-48-42(50-36)37-15-11-23-53(37)43(55)39(28(3)4)51-45(57)58-5/h8-10,13-14,17-22,25-28,37-40H,6-7,11-12,15-16,23-24H2,1-5H3,(H,47,49)(H,48,50)(H,51,57)/t37-,38-,39-,40+/m0/s1. The second-order valence-corrected chi connectivity index (χ2v) is 15.4. The molecule has 0 aliphatic carbocycles. The lowest BCUT2D eigenvalue weighted by Gasteiger charge is -2.34. The molecule has 2 fully saturated rings. The fraction of sp³-hybridized carbons (Fsp3) is 0.400. The zero-order valence-corrected chi connectivity index (χ0v) is 33.9. The van der Waals surface area contributed by atoms with Gasteiger partial charge in [0.2, 0.25) is 11.8 Å². The van der Waals surface area contributed by atoms with Crippen molar-refractivity contribution in [2.24, 2.45) is 5.92 Å². The number of benzene rings is 3. The van der Waals surface area contributed by atoms with Crippen LogP contribution in [0.3, 0.4) is 0 Å². The quantitative estimate of drug-likeness (QED) is 0.110. The highest BCUT2D eigenvalue weighted by Gasteiger charge is 2.39. The van der Waals surface area contributed by atoms with E-state index >= 15 is 4.39 Å². The van der Waals surface area contributed by atoms with Crippen molar-refractivity contribution < 1.29 is 23.5 Å². The van der Waals surface area contributed by atoms with Crippen molar-refractivity contribution >= 4 is 17.9 Å². The summed E-state index contributed by atoms with van der Waals surface area (Å²) in [6, 6.07) is 21.5. The number of aromatic nitrogens is 4. The Balaban J connectivity index is 1.03. The van der Waals surface area contributed by atoms with Crippen LogP contribution < -0.4 is 5.32 Å². The van der Waals surface area contributed by atoms with Gasteiger partial charge >= 0.3 is 6.09 Å². The van der Waals surface area contributed by atoms with E-state index in [-0.39, 0.29) is 35.9 Å². The average Bonchev–Trinajstić information content (AvgIpc) is 4.09. The summed E-state index contributed by atoms with van der Waals surface area (Å²) in [5.41, 5.74) is 5.26. The normalized spacial score (nSPS) is 17.9. The predicted molar refractivity (Wildman–Crippen MR) is 221 cm³/mol. The molecule has 12 nitrogen and oxygen atoms in total. The average molecular weight is 789 g/mol. The number of carbonyl (C=O) groups excluding carboxylic acids is 3. The first-order valence-corrected chi connectivity index (χ1v) is 20.4. The number of rotatable bonds is 13. The zero-order chi connectivity index (χ0) is 40.9. The number of hydrogen-bond acceptors (Lipinski definition) is 7. The Bertz CT molecular complexity index is 2200. The number of aromatic amines is 2. The first kappa shape index (κ1) is 40.4. The van der Waals surface area contributed by atoms with Crippen LogP contribution in [0.2, 0.25) is 0 Å². The Morgan fingerprint density at radius 2 is 1.38 bits per heavy atom. The van der Waals surface area contributed by atoms with Crippen LogP contribution in [0.5, 0.6) is 0 Å². The Hall–Kier alpha value is -5.82. The molecular formula is C45H53FN8O4. The van der Waals surface area contributed by atoms with E-state index < -0.39 is 18.0 Å². The van der Waals surface area contributed by atoms with E-state index in [1.165, 1.54) is 13.2 Å². The number of ether oxygens (including phenoxy) is 1. The molecule has 13 heteroatoms. The van der Waals surface area contributed by atoms with Gasteiger partial charge in [-0.1, -0.05) is 88.4 Å². The van der Waals surface area contributed by atoms with E-state index in [2.05, 4.69) is 39.0 Å². The lowest BCUT2D eigenvalue weighted by molar-refractivity contribution is -0.138. The van der Waals surface area contributed by atoms with Crippen molar-refractivity contribution in [3.05, 3.63) is 108 Å². The van der Waals surface area contributed by atoms with Gasteiger partial charge in [0.05, 0.1) is 43.0 Å². The smallest absolute Gasteiger partial charge is 0.407 e. The lowest BCUT2D eigenvalue weighted by Crippen LogP contribution is -2.51. The van der Waals surface area contributed by atoms with Crippen molar-refractivity contribution in [1.29, 1.82) is 0 Å². The number of nitrogens with zero attached hydrogens (tertiary/aromatic N) is 5. The first-order valence-electron chi connectivity index (χ1n) is 20.4. The van der Waals surface area contributed by atoms with Crippen LogP contribution in [0.1, 0.15) is 88.7 Å². The Morgan fingerprint density at radius 3 is 1.97 bits per heavy atom. The number of amides is 3. The Labute approximate surface area is 339 Å². The first-order chi connectivity index (χ1) is 28.1. The summed E-state index contributed by atoms with van der Waals surface area (Å²) in [5.74, 6) is 0.701. The maximum atomic E-state index is 15.8. The maximum Gasteiger partial charge on any atom is 0.407 e. The monoisotopic (exact) mass is 788 g/mol. The van der Waals surface area contributed by atoms with Gasteiger partial charge in [-0.25, -0.2) is 19.2 Å². The van der Waals surface area contributed by atoms with E-state index in [1.807, 2.05) is 85.6 Å². The van der Waals surface area contributed by atoms with E-state index in [4.69, 9.17) is 9.72 Å². The molecule has 0 saturated carbocycles. The van der Waals surface area contributed by atoms with Gasteiger partial charge in [-0.15, -0.1) is 0 Å². The minimum Gasteiger partial charge on any atom is -0.453 e. The van der Waals surface area contributed by atoms with Crippen molar-refractivity contribution in [3.63, 3.8) is 0 Å². The predicted octanol–water partition coefficient (Wildman–Crippen LogP) is 8.06. The molecule has 304 valence electrons. The number of carbonyl (C=O) groups is 3. The van der Waals surface area contributed by atoms with Gasteiger partial charge in [-0.3, -0.25) is 14.5 Å². The van der Waals surface area contributed by atoms with Gasteiger partial charge in [0.25, 0.3) is 0 Å². The Morgan fingerprint density at radius 1 is 0.810 bits per heavy atom. The van der Waals surface area contributed by atoms with Crippen LogP contribution >= 0.6 is 0 Å². The van der Waals surface area contributed by atoms with E-state index in [1.54, 1.807) is 17.2 Å². The molecule has 3 aromatic carbocycles. The molecule has 0 bridgehead atoms. The van der Waals surface area contributed by atoms with E-state index in [9.17, 15) is 14.4 Å². The minimum atomic E-state index is -0.741. The molecule has 7 rings (SSSR count). The van der Waals surface area contributed by atoms with Gasteiger partial charge in [0.1, 0.15) is 29.5 Å². The topological polar surface area (TPSA) is 140 Å². The summed E-state index contributed by atoms with van der Waals surface area (Å²) < 4.78 is 20.5. The van der Waals surface area contributed by atoms with Crippen LogP contribution in [0.25, 0.3) is 33.6 Å². The molecule has 2 aromatic heterocycles. The molecule has 2 aliphatic heterocycles. The number of likely N-dealkylation sites (tertiary alicyclic amines) is 2. The summed E-state index contributed by atoms with van der Waals surface area (Å²) in [5, 5.41) is 2.66. The zero-order valence-electron chi connectivity index (χ0n) is 33.9. The molecule has 0 spiro atoms. The van der Waals surface area contributed by atoms with E-state index in [0.29, 0.717) is 36.6 Å². The molecule has 5 aromatic rings. The van der Waals surface area contributed by atoms with Crippen LogP contribution in [-0.2, 0) is 14.3 Å². The number of hydrogen-bond donors (Lipinski definition) is 3. The summed E-state index contributed by atoms with van der Waals surface area (Å²) in [6.45, 7) is 10.7. The largest absolute Gasteiger partial charge is 0.453 e. The van der Waals surface area contributed by atoms with Gasteiger partial charge in [0.15, 0.2) is 0 Å². The highest BCUT2D eigenvalue weighted by Crippen LogP contribution is 2.37. The van der Waals surface area contributed by atoms with E-state index in [0.717, 1.165) is 66.1 Å². The summed E-state index contributed by atoms with van der Waals surface area (Å²) in [4.78, 5) is 61.7. The molecule has 0 unspecified atom stereocenters. The number of alkyl carbamates (subject to hydrolysis) is 1. The summed E-state index contributed by atoms with van der Waals surface area (Å²) in [6.07, 6.45) is 5.99. The van der Waals surface area contributed by atoms with Crippen molar-refractivity contribution in [3.8, 4) is 33.6 Å². The van der Waals surface area contributed by atoms with Gasteiger partial charge in [0, 0.05) is 18.7 Å². The third kappa shape index (κ3) is 8.27. The SMILES string of the molecule is CCN(CC)[C@@H](C(=O)N1CCC[C@H]1c1ncc(-c2ccc(-c3ccc(-c4cnc([C@@H]5CCCN5C(=O)[C@@H](NC(=O)OC)C(C)C)[nH]4)c(F)c3)cc2)[nH]1)c1ccccc1. The van der Waals surface area contributed by atoms with Crippen molar-refractivity contribution in [2.75, 3.05) is 33.3 Å². The number of likely N-dealkylation sites (N-methyl/N-ethyl adjacent to an activating group) is 1. The highest BCUT2D eigenvalue weighted by atomic mass is 19.1. The highest BCUT2D eigenvalue weighted by molar-refractivity contribution is 5.86. The molecule has 3 N–H and O–H groups in total. The van der Waals surface area contributed by atoms with Gasteiger partial charge in [-0.2, -0.15) is 0 Å². The molecule has 4 heterocycles. The number of nitrogens with one attached hydrogen (secondary N) is 3. The van der Waals surface area contributed by atoms with Gasteiger partial charge in [-0.05, 0) is 79.1 Å². The third-order valence-electron chi connectivity index (χ3n) is 11.6. The molecule has 0 radical (unpaired) electrons. The molecule has 4 atom stereocenters. The fourth-order valence-electron chi connectivity index (χ4n) is 8.45. The van der Waals surface area contributed by atoms with Crippen molar-refractivity contribution in [1.82, 2.24) is 40.0 Å². The maximum absolute atomic E-state index is 15.8. The van der Waals surface area contributed by atoms with Gasteiger partial charge < -0.3 is 29.8 Å². The fourth-order valence-corrected chi connectivity index (χ4v) is 8.45. The number of H-pyrrole nitrogens is 2. The Kier molecular flexibility index (Phi) is 12.4. The number of halogens is 1.